The standard InChI is InChI=1S/C10H15F2N3O4/c1-19-10(4-11,5-16)7(17)8(12)15-3-2-6(13)14-9(15)18/h2-3,7-8,16-17H,4-5H2,1H3,(H2,13,14,18)/t7-,8-,10+/m0/s1. The van der Waals surface area contributed by atoms with Gasteiger partial charge >= 0.3 is 5.69 Å². The van der Waals surface area contributed by atoms with E-state index in [0.29, 0.717) is 4.57 Å². The minimum atomic E-state index is -2.34. The molecule has 1 aromatic rings. The van der Waals surface area contributed by atoms with Crippen LogP contribution < -0.4 is 11.4 Å². The Hall–Kier alpha value is -1.58. The molecule has 0 spiro atoms. The van der Waals surface area contributed by atoms with E-state index in [1.165, 1.54) is 0 Å². The van der Waals surface area contributed by atoms with Crippen LogP contribution in [0.5, 0.6) is 0 Å². The molecule has 0 saturated heterocycles. The second kappa shape index (κ2) is 6.04. The van der Waals surface area contributed by atoms with Gasteiger partial charge in [0, 0.05) is 13.3 Å². The van der Waals surface area contributed by atoms with E-state index in [1.807, 2.05) is 0 Å². The first kappa shape index (κ1) is 15.5. The highest BCUT2D eigenvalue weighted by atomic mass is 19.1. The van der Waals surface area contributed by atoms with Gasteiger partial charge in [0.1, 0.15) is 24.2 Å². The normalized spacial score (nSPS) is 17.7. The Morgan fingerprint density at radius 2 is 2.32 bits per heavy atom. The third-order valence-electron chi connectivity index (χ3n) is 2.82. The summed E-state index contributed by atoms with van der Waals surface area (Å²) in [5, 5.41) is 18.8. The summed E-state index contributed by atoms with van der Waals surface area (Å²) in [5.41, 5.74) is 2.03. The largest absolute Gasteiger partial charge is 0.393 e. The number of hydrogen-bond donors (Lipinski definition) is 3. The molecule has 0 saturated carbocycles. The lowest BCUT2D eigenvalue weighted by Gasteiger charge is -2.34. The van der Waals surface area contributed by atoms with Crippen molar-refractivity contribution in [3.63, 3.8) is 0 Å². The first-order valence-electron chi connectivity index (χ1n) is 5.30. The number of methoxy groups -OCH3 is 1. The molecule has 1 heterocycles. The van der Waals surface area contributed by atoms with Gasteiger partial charge in [-0.05, 0) is 6.07 Å². The van der Waals surface area contributed by atoms with Crippen molar-refractivity contribution in [3.05, 3.63) is 22.7 Å². The van der Waals surface area contributed by atoms with Gasteiger partial charge < -0.3 is 20.7 Å². The number of nitrogen functional groups attached to an aromatic ring is 1. The highest BCUT2D eigenvalue weighted by Gasteiger charge is 2.44. The van der Waals surface area contributed by atoms with Crippen LogP contribution in [0.15, 0.2) is 17.1 Å². The number of anilines is 1. The molecule has 3 atom stereocenters. The predicted octanol–water partition coefficient (Wildman–Crippen LogP) is -0.999. The van der Waals surface area contributed by atoms with Crippen molar-refractivity contribution >= 4 is 5.82 Å². The monoisotopic (exact) mass is 279 g/mol. The summed E-state index contributed by atoms with van der Waals surface area (Å²) >= 11 is 0. The zero-order chi connectivity index (χ0) is 14.6. The van der Waals surface area contributed by atoms with E-state index in [4.69, 9.17) is 10.8 Å². The quantitative estimate of drug-likeness (QED) is 0.616. The van der Waals surface area contributed by atoms with Gasteiger partial charge in [-0.15, -0.1) is 0 Å². The molecule has 0 aliphatic carbocycles. The van der Waals surface area contributed by atoms with Gasteiger partial charge in [0.15, 0.2) is 0 Å². The highest BCUT2D eigenvalue weighted by molar-refractivity contribution is 5.23. The van der Waals surface area contributed by atoms with Crippen molar-refractivity contribution in [1.82, 2.24) is 9.55 Å². The van der Waals surface area contributed by atoms with Crippen LogP contribution in [0.2, 0.25) is 0 Å². The molecule has 9 heteroatoms. The maximum absolute atomic E-state index is 14.1. The number of halogens is 2. The lowest BCUT2D eigenvalue weighted by Crippen LogP contribution is -2.53. The van der Waals surface area contributed by atoms with Crippen molar-refractivity contribution in [3.8, 4) is 0 Å². The smallest absolute Gasteiger partial charge is 0.351 e. The average Bonchev–Trinajstić information content (AvgIpc) is 2.40. The van der Waals surface area contributed by atoms with E-state index in [-0.39, 0.29) is 5.82 Å². The second-order valence-corrected chi connectivity index (χ2v) is 3.92. The first-order chi connectivity index (χ1) is 8.91. The van der Waals surface area contributed by atoms with E-state index >= 15 is 0 Å². The number of ether oxygens (including phenoxy) is 1. The van der Waals surface area contributed by atoms with Gasteiger partial charge in [-0.3, -0.25) is 4.57 Å². The summed E-state index contributed by atoms with van der Waals surface area (Å²) in [4.78, 5) is 14.7. The van der Waals surface area contributed by atoms with Crippen LogP contribution in [0.4, 0.5) is 14.6 Å². The van der Waals surface area contributed by atoms with Crippen LogP contribution in [-0.4, -0.2) is 51.9 Å². The van der Waals surface area contributed by atoms with Gasteiger partial charge in [-0.25, -0.2) is 13.6 Å². The van der Waals surface area contributed by atoms with Crippen LogP contribution in [0.1, 0.15) is 6.30 Å². The summed E-state index contributed by atoms with van der Waals surface area (Å²) in [6.45, 7) is -2.29. The fraction of sp³-hybridized carbons (Fsp3) is 0.600. The molecule has 0 aliphatic rings. The third kappa shape index (κ3) is 2.88. The molecule has 0 amide bonds. The van der Waals surface area contributed by atoms with Crippen molar-refractivity contribution in [2.45, 2.75) is 18.0 Å². The van der Waals surface area contributed by atoms with E-state index in [2.05, 4.69) is 9.72 Å². The SMILES string of the molecule is CO[C@@](CO)(CF)[C@@H](O)[C@@H](F)n1ccc(N)nc1=O. The minimum Gasteiger partial charge on any atom is -0.393 e. The summed E-state index contributed by atoms with van der Waals surface area (Å²) < 4.78 is 32.0. The van der Waals surface area contributed by atoms with Crippen molar-refractivity contribution in [2.24, 2.45) is 0 Å². The molecule has 0 bridgehead atoms. The van der Waals surface area contributed by atoms with Gasteiger partial charge in [0.2, 0.25) is 6.30 Å². The maximum atomic E-state index is 14.1. The Labute approximate surface area is 107 Å². The Balaban J connectivity index is 3.11. The van der Waals surface area contributed by atoms with Crippen molar-refractivity contribution in [2.75, 3.05) is 26.1 Å². The number of aliphatic hydroxyl groups is 2. The molecular weight excluding hydrogens is 264 g/mol. The predicted molar refractivity (Wildman–Crippen MR) is 61.9 cm³/mol. The summed E-state index contributed by atoms with van der Waals surface area (Å²) in [6, 6.07) is 1.14. The molecule has 0 aromatic carbocycles. The third-order valence-corrected chi connectivity index (χ3v) is 2.82. The van der Waals surface area contributed by atoms with Gasteiger partial charge in [-0.1, -0.05) is 0 Å². The van der Waals surface area contributed by atoms with E-state index in [9.17, 15) is 18.7 Å². The molecule has 0 aliphatic heterocycles. The molecular formula is C10H15F2N3O4. The molecule has 19 heavy (non-hydrogen) atoms. The fourth-order valence-corrected chi connectivity index (χ4v) is 1.47. The number of aromatic nitrogens is 2. The lowest BCUT2D eigenvalue weighted by atomic mass is 9.98. The summed E-state index contributed by atoms with van der Waals surface area (Å²) in [6.07, 6.45) is -3.48. The molecule has 0 fully saturated rings. The summed E-state index contributed by atoms with van der Waals surface area (Å²) in [7, 11) is 1.01. The van der Waals surface area contributed by atoms with Crippen LogP contribution >= 0.6 is 0 Å². The van der Waals surface area contributed by atoms with Crippen LogP contribution in [0.3, 0.4) is 0 Å². The van der Waals surface area contributed by atoms with Crippen LogP contribution in [-0.2, 0) is 4.74 Å². The number of nitrogens with zero attached hydrogens (tertiary/aromatic N) is 2. The Kier molecular flexibility index (Phi) is 4.92. The van der Waals surface area contributed by atoms with E-state index in [1.54, 1.807) is 0 Å². The van der Waals surface area contributed by atoms with Gasteiger partial charge in [0.05, 0.1) is 6.61 Å². The number of rotatable bonds is 6. The van der Waals surface area contributed by atoms with E-state index in [0.717, 1.165) is 19.4 Å². The van der Waals surface area contributed by atoms with Crippen LogP contribution in [0.25, 0.3) is 0 Å². The molecule has 108 valence electrons. The number of aliphatic hydroxyl groups excluding tert-OH is 2. The highest BCUT2D eigenvalue weighted by Crippen LogP contribution is 2.25. The van der Waals surface area contributed by atoms with E-state index < -0.39 is 37.0 Å². The van der Waals surface area contributed by atoms with Crippen molar-refractivity contribution < 1.29 is 23.7 Å². The van der Waals surface area contributed by atoms with Crippen LogP contribution in [0, 0.1) is 0 Å². The topological polar surface area (TPSA) is 111 Å². The molecule has 7 nitrogen and oxygen atoms in total. The van der Waals surface area contributed by atoms with Gasteiger partial charge in [-0.2, -0.15) is 4.98 Å². The van der Waals surface area contributed by atoms with Gasteiger partial charge in [0.25, 0.3) is 0 Å². The average molecular weight is 279 g/mol. The maximum Gasteiger partial charge on any atom is 0.351 e. The summed E-state index contributed by atoms with van der Waals surface area (Å²) in [5.74, 6) is -0.117. The Morgan fingerprint density at radius 3 is 2.74 bits per heavy atom. The fourth-order valence-electron chi connectivity index (χ4n) is 1.47. The lowest BCUT2D eigenvalue weighted by molar-refractivity contribution is -0.171. The molecule has 4 N–H and O–H groups in total. The zero-order valence-electron chi connectivity index (χ0n) is 10.2. The molecule has 0 unspecified atom stereocenters. The van der Waals surface area contributed by atoms with Crippen molar-refractivity contribution in [1.29, 1.82) is 0 Å². The molecule has 1 rings (SSSR count). The number of nitrogens with two attached hydrogens (primary N) is 1. The number of hydrogen-bond acceptors (Lipinski definition) is 6. The first-order valence-corrected chi connectivity index (χ1v) is 5.30. The number of alkyl halides is 2. The minimum absolute atomic E-state index is 0.117. The molecule has 1 aromatic heterocycles. The Morgan fingerprint density at radius 1 is 1.68 bits per heavy atom. The Bertz CT molecular complexity index is 470. The zero-order valence-corrected chi connectivity index (χ0v) is 10.2. The second-order valence-electron chi connectivity index (χ2n) is 3.92. The molecule has 0 radical (unpaired) electrons.